The van der Waals surface area contributed by atoms with E-state index in [1.54, 1.807) is 17.5 Å². The number of H-pyrrole nitrogens is 1. The van der Waals surface area contributed by atoms with E-state index < -0.39 is 0 Å². The average molecular weight is 384 g/mol. The van der Waals surface area contributed by atoms with Crippen molar-refractivity contribution >= 4 is 39.0 Å². The number of hydrogen-bond acceptors (Lipinski definition) is 4. The van der Waals surface area contributed by atoms with E-state index in [0.29, 0.717) is 17.8 Å². The molecule has 2 N–H and O–H groups in total. The lowest BCUT2D eigenvalue weighted by Crippen LogP contribution is -2.22. The number of aromatic amines is 1. The van der Waals surface area contributed by atoms with Gasteiger partial charge in [-0.2, -0.15) is 5.10 Å². The summed E-state index contributed by atoms with van der Waals surface area (Å²) in [6.45, 7) is 0.511. The largest absolute Gasteiger partial charge is 0.347 e. The first-order valence-corrected chi connectivity index (χ1v) is 9.80. The zero-order chi connectivity index (χ0) is 18.9. The van der Waals surface area contributed by atoms with E-state index in [-0.39, 0.29) is 5.91 Å². The molecule has 0 unspecified atom stereocenters. The number of nitrogens with one attached hydrogen (secondary N) is 2. The Balaban J connectivity index is 1.49. The average Bonchev–Trinajstić information content (AvgIpc) is 3.41. The minimum atomic E-state index is -0.145. The molecule has 136 valence electrons. The van der Waals surface area contributed by atoms with Crippen LogP contribution < -0.4 is 5.32 Å². The van der Waals surface area contributed by atoms with Gasteiger partial charge in [0.2, 0.25) is 0 Å². The fraction of sp³-hybridized carbons (Fsp3) is 0.0455. The van der Waals surface area contributed by atoms with E-state index in [2.05, 4.69) is 44.8 Å². The Bertz CT molecular complexity index is 1290. The molecule has 0 bridgehead atoms. The Labute approximate surface area is 165 Å². The van der Waals surface area contributed by atoms with E-state index in [1.807, 2.05) is 41.8 Å². The summed E-state index contributed by atoms with van der Waals surface area (Å²) in [5.74, 6) is -0.145. The Morgan fingerprint density at radius 2 is 1.93 bits per heavy atom. The summed E-state index contributed by atoms with van der Waals surface area (Å²) in [6.07, 6.45) is 1.58. The van der Waals surface area contributed by atoms with Crippen LogP contribution in [0.25, 0.3) is 33.1 Å². The predicted molar refractivity (Wildman–Crippen MR) is 112 cm³/mol. The Morgan fingerprint density at radius 1 is 1.04 bits per heavy atom. The Kier molecular flexibility index (Phi) is 4.10. The highest BCUT2D eigenvalue weighted by atomic mass is 32.1. The number of pyridine rings is 1. The number of rotatable bonds is 4. The van der Waals surface area contributed by atoms with Crippen molar-refractivity contribution in [2.75, 3.05) is 0 Å². The summed E-state index contributed by atoms with van der Waals surface area (Å²) in [4.78, 5) is 18.0. The standard InChI is InChI=1S/C22H16N4OS/c27-22(24-13-18-6-3-9-28-18)17-11-19-20(25-26-21(19)23-12-17)16-8-7-14-4-1-2-5-15(14)10-16/h1-12H,13H2,(H,24,27)(H,23,25,26). The van der Waals surface area contributed by atoms with E-state index in [9.17, 15) is 4.79 Å². The molecule has 3 aromatic heterocycles. The van der Waals surface area contributed by atoms with Crippen molar-refractivity contribution in [3.63, 3.8) is 0 Å². The number of nitrogens with zero attached hydrogens (tertiary/aromatic N) is 2. The molecule has 5 rings (SSSR count). The molecule has 5 aromatic rings. The fourth-order valence-electron chi connectivity index (χ4n) is 3.27. The van der Waals surface area contributed by atoms with Crippen LogP contribution in [0.5, 0.6) is 0 Å². The van der Waals surface area contributed by atoms with Crippen LogP contribution in [-0.4, -0.2) is 21.1 Å². The second-order valence-electron chi connectivity index (χ2n) is 6.52. The lowest BCUT2D eigenvalue weighted by atomic mass is 10.0. The molecule has 5 nitrogen and oxygen atoms in total. The number of carbonyl (C=O) groups excluding carboxylic acids is 1. The van der Waals surface area contributed by atoms with Gasteiger partial charge in [-0.25, -0.2) is 4.98 Å². The zero-order valence-corrected chi connectivity index (χ0v) is 15.7. The third-order valence-electron chi connectivity index (χ3n) is 4.70. The second-order valence-corrected chi connectivity index (χ2v) is 7.55. The molecule has 1 amide bonds. The van der Waals surface area contributed by atoms with Crippen LogP contribution >= 0.6 is 11.3 Å². The summed E-state index contributed by atoms with van der Waals surface area (Å²) in [5, 5.41) is 15.5. The molecule has 0 fully saturated rings. The first-order valence-electron chi connectivity index (χ1n) is 8.92. The van der Waals surface area contributed by atoms with E-state index in [4.69, 9.17) is 0 Å². The first kappa shape index (κ1) is 16.6. The molecular weight excluding hydrogens is 368 g/mol. The van der Waals surface area contributed by atoms with Gasteiger partial charge in [0.25, 0.3) is 5.91 Å². The number of thiophene rings is 1. The van der Waals surface area contributed by atoms with Crippen molar-refractivity contribution in [2.24, 2.45) is 0 Å². The highest BCUT2D eigenvalue weighted by Gasteiger charge is 2.13. The molecule has 0 aliphatic heterocycles. The summed E-state index contributed by atoms with van der Waals surface area (Å²) >= 11 is 1.62. The van der Waals surface area contributed by atoms with E-state index in [1.165, 1.54) is 5.39 Å². The molecule has 0 spiro atoms. The maximum atomic E-state index is 12.6. The monoisotopic (exact) mass is 384 g/mol. The van der Waals surface area contributed by atoms with Crippen molar-refractivity contribution in [1.29, 1.82) is 0 Å². The summed E-state index contributed by atoms with van der Waals surface area (Å²) in [5.41, 5.74) is 2.97. The van der Waals surface area contributed by atoms with Crippen LogP contribution in [0.1, 0.15) is 15.2 Å². The summed E-state index contributed by atoms with van der Waals surface area (Å²) < 4.78 is 0. The van der Waals surface area contributed by atoms with Crippen LogP contribution in [0.2, 0.25) is 0 Å². The maximum absolute atomic E-state index is 12.6. The normalized spacial score (nSPS) is 11.1. The summed E-state index contributed by atoms with van der Waals surface area (Å²) in [6, 6.07) is 20.3. The molecule has 0 saturated heterocycles. The number of carbonyl (C=O) groups is 1. The number of amides is 1. The van der Waals surface area contributed by atoms with Crippen molar-refractivity contribution < 1.29 is 4.79 Å². The van der Waals surface area contributed by atoms with Crippen LogP contribution in [0.4, 0.5) is 0 Å². The van der Waals surface area contributed by atoms with Gasteiger partial charge in [0.15, 0.2) is 5.65 Å². The minimum absolute atomic E-state index is 0.145. The topological polar surface area (TPSA) is 70.7 Å². The molecule has 2 aromatic carbocycles. The summed E-state index contributed by atoms with van der Waals surface area (Å²) in [7, 11) is 0. The van der Waals surface area contributed by atoms with E-state index >= 15 is 0 Å². The van der Waals surface area contributed by atoms with Gasteiger partial charge >= 0.3 is 0 Å². The minimum Gasteiger partial charge on any atom is -0.347 e. The van der Waals surface area contributed by atoms with Gasteiger partial charge in [-0.05, 0) is 34.4 Å². The number of fused-ring (bicyclic) bond motifs is 2. The van der Waals surface area contributed by atoms with Crippen molar-refractivity contribution in [1.82, 2.24) is 20.5 Å². The highest BCUT2D eigenvalue weighted by molar-refractivity contribution is 7.09. The number of hydrogen-bond donors (Lipinski definition) is 2. The van der Waals surface area contributed by atoms with Gasteiger partial charge in [-0.15, -0.1) is 11.3 Å². The molecule has 0 saturated carbocycles. The fourth-order valence-corrected chi connectivity index (χ4v) is 3.91. The second kappa shape index (κ2) is 6.90. The zero-order valence-electron chi connectivity index (χ0n) is 14.8. The molecule has 0 aliphatic carbocycles. The first-order chi connectivity index (χ1) is 13.8. The van der Waals surface area contributed by atoms with Gasteiger partial charge in [0, 0.05) is 22.0 Å². The lowest BCUT2D eigenvalue weighted by molar-refractivity contribution is 0.0951. The molecule has 0 radical (unpaired) electrons. The maximum Gasteiger partial charge on any atom is 0.253 e. The molecule has 28 heavy (non-hydrogen) atoms. The van der Waals surface area contributed by atoms with Gasteiger partial charge in [-0.3, -0.25) is 9.89 Å². The van der Waals surface area contributed by atoms with Gasteiger partial charge < -0.3 is 5.32 Å². The molecule has 0 aliphatic rings. The van der Waals surface area contributed by atoms with Crippen molar-refractivity contribution in [3.05, 3.63) is 82.7 Å². The van der Waals surface area contributed by atoms with Crippen LogP contribution in [0, 0.1) is 0 Å². The third kappa shape index (κ3) is 3.04. The van der Waals surface area contributed by atoms with Gasteiger partial charge in [0.1, 0.15) is 5.69 Å². The number of benzene rings is 2. The molecule has 0 atom stereocenters. The van der Waals surface area contributed by atoms with Crippen LogP contribution in [0.3, 0.4) is 0 Å². The van der Waals surface area contributed by atoms with E-state index in [0.717, 1.165) is 26.9 Å². The molecule has 3 heterocycles. The van der Waals surface area contributed by atoms with Crippen LogP contribution in [-0.2, 0) is 6.54 Å². The highest BCUT2D eigenvalue weighted by Crippen LogP contribution is 2.28. The van der Waals surface area contributed by atoms with Gasteiger partial charge in [-0.1, -0.05) is 42.5 Å². The third-order valence-corrected chi connectivity index (χ3v) is 5.58. The smallest absolute Gasteiger partial charge is 0.253 e. The Morgan fingerprint density at radius 3 is 2.79 bits per heavy atom. The molecular formula is C22H16N4OS. The predicted octanol–water partition coefficient (Wildman–Crippen LogP) is 4.77. The van der Waals surface area contributed by atoms with Gasteiger partial charge in [0.05, 0.1) is 12.1 Å². The quantitative estimate of drug-likeness (QED) is 0.469. The van der Waals surface area contributed by atoms with Crippen molar-refractivity contribution in [2.45, 2.75) is 6.54 Å². The SMILES string of the molecule is O=C(NCc1cccs1)c1cnc2[nH]nc(-c3ccc4ccccc4c3)c2c1. The number of aromatic nitrogens is 3. The van der Waals surface area contributed by atoms with Crippen molar-refractivity contribution in [3.8, 4) is 11.3 Å². The Hall–Kier alpha value is -3.51. The lowest BCUT2D eigenvalue weighted by Gasteiger charge is -2.05. The van der Waals surface area contributed by atoms with Crippen LogP contribution in [0.15, 0.2) is 72.2 Å². The molecule has 6 heteroatoms.